The SMILES string of the molecule is COCCCn1nnc2cc(S(=O)(=O)N3CCCCC3C(=O)Nc3ccccc3C)ccc21. The normalized spacial score (nSPS) is 17.3. The van der Waals surface area contributed by atoms with Crippen molar-refractivity contribution >= 4 is 32.7 Å². The summed E-state index contributed by atoms with van der Waals surface area (Å²) >= 11 is 0. The van der Waals surface area contributed by atoms with E-state index >= 15 is 0 Å². The number of piperidine rings is 1. The Morgan fingerprint density at radius 3 is 2.82 bits per heavy atom. The van der Waals surface area contributed by atoms with Gasteiger partial charge in [0, 0.05) is 32.5 Å². The molecule has 1 saturated heterocycles. The fourth-order valence-corrected chi connectivity index (χ4v) is 5.83. The van der Waals surface area contributed by atoms with Crippen LogP contribution in [-0.4, -0.2) is 59.9 Å². The second-order valence-electron chi connectivity index (χ2n) is 8.24. The Morgan fingerprint density at radius 2 is 2.03 bits per heavy atom. The Kier molecular flexibility index (Phi) is 7.06. The van der Waals surface area contributed by atoms with Gasteiger partial charge in [-0.1, -0.05) is 29.8 Å². The number of para-hydroxylation sites is 1. The number of hydrogen-bond acceptors (Lipinski definition) is 6. The van der Waals surface area contributed by atoms with Gasteiger partial charge in [-0.15, -0.1) is 5.10 Å². The number of sulfonamides is 1. The van der Waals surface area contributed by atoms with Gasteiger partial charge in [0.25, 0.3) is 0 Å². The number of amides is 1. The van der Waals surface area contributed by atoms with Crippen LogP contribution >= 0.6 is 0 Å². The number of benzene rings is 2. The Balaban J connectivity index is 1.58. The average molecular weight is 472 g/mol. The number of aryl methyl sites for hydroxylation is 2. The Morgan fingerprint density at radius 1 is 1.21 bits per heavy atom. The number of fused-ring (bicyclic) bond motifs is 1. The standard InChI is InChI=1S/C23H29N5O4S/c1-17-8-3-4-9-19(17)24-23(29)22-10-5-6-14-28(22)33(30,31)18-11-12-21-20(16-18)25-26-27(21)13-7-15-32-2/h3-4,8-9,11-12,16,22H,5-7,10,13-15H2,1-2H3,(H,24,29). The number of hydrogen-bond donors (Lipinski definition) is 1. The molecule has 0 saturated carbocycles. The van der Waals surface area contributed by atoms with Crippen LogP contribution in [0.4, 0.5) is 5.69 Å². The highest BCUT2D eigenvalue weighted by atomic mass is 32.2. The molecule has 1 amide bonds. The molecule has 0 bridgehead atoms. The van der Waals surface area contributed by atoms with Crippen LogP contribution in [0, 0.1) is 6.92 Å². The van der Waals surface area contributed by atoms with Gasteiger partial charge in [-0.3, -0.25) is 4.79 Å². The number of methoxy groups -OCH3 is 1. The maximum absolute atomic E-state index is 13.6. The average Bonchev–Trinajstić information content (AvgIpc) is 3.23. The molecule has 10 heteroatoms. The molecular weight excluding hydrogens is 442 g/mol. The fourth-order valence-electron chi connectivity index (χ4n) is 4.16. The lowest BCUT2D eigenvalue weighted by molar-refractivity contribution is -0.120. The molecule has 0 spiro atoms. The Labute approximate surface area is 193 Å². The summed E-state index contributed by atoms with van der Waals surface area (Å²) in [6.45, 7) is 3.44. The first kappa shape index (κ1) is 23.3. The number of nitrogens with one attached hydrogen (secondary N) is 1. The van der Waals surface area contributed by atoms with Crippen molar-refractivity contribution < 1.29 is 17.9 Å². The zero-order valence-electron chi connectivity index (χ0n) is 18.9. The summed E-state index contributed by atoms with van der Waals surface area (Å²) in [7, 11) is -2.24. The van der Waals surface area contributed by atoms with Crippen molar-refractivity contribution in [2.24, 2.45) is 0 Å². The van der Waals surface area contributed by atoms with Gasteiger partial charge in [-0.25, -0.2) is 13.1 Å². The topological polar surface area (TPSA) is 106 Å². The van der Waals surface area contributed by atoms with Crippen molar-refractivity contribution in [2.75, 3.05) is 25.6 Å². The van der Waals surface area contributed by atoms with Gasteiger partial charge in [-0.2, -0.15) is 4.31 Å². The highest BCUT2D eigenvalue weighted by molar-refractivity contribution is 7.89. The molecule has 2 heterocycles. The Hall–Kier alpha value is -2.82. The lowest BCUT2D eigenvalue weighted by Gasteiger charge is -2.33. The number of carbonyl (C=O) groups is 1. The van der Waals surface area contributed by atoms with E-state index < -0.39 is 16.1 Å². The molecule has 1 aromatic heterocycles. The molecule has 1 atom stereocenters. The predicted molar refractivity (Wildman–Crippen MR) is 125 cm³/mol. The van der Waals surface area contributed by atoms with Crippen molar-refractivity contribution in [1.29, 1.82) is 0 Å². The number of ether oxygens (including phenoxy) is 1. The highest BCUT2D eigenvalue weighted by Crippen LogP contribution is 2.28. The summed E-state index contributed by atoms with van der Waals surface area (Å²) in [6.07, 6.45) is 2.77. The number of rotatable bonds is 8. The van der Waals surface area contributed by atoms with E-state index in [1.165, 1.54) is 10.4 Å². The van der Waals surface area contributed by atoms with Crippen molar-refractivity contribution in [3.63, 3.8) is 0 Å². The molecule has 1 N–H and O–H groups in total. The minimum absolute atomic E-state index is 0.120. The minimum atomic E-state index is -3.89. The van der Waals surface area contributed by atoms with Crippen LogP contribution in [0.15, 0.2) is 47.4 Å². The largest absolute Gasteiger partial charge is 0.385 e. The second-order valence-corrected chi connectivity index (χ2v) is 10.1. The lowest BCUT2D eigenvalue weighted by Crippen LogP contribution is -2.49. The zero-order chi connectivity index (χ0) is 23.4. The minimum Gasteiger partial charge on any atom is -0.385 e. The first-order chi connectivity index (χ1) is 15.9. The van der Waals surface area contributed by atoms with Crippen molar-refractivity contribution in [2.45, 2.75) is 50.1 Å². The monoisotopic (exact) mass is 471 g/mol. The molecule has 0 radical (unpaired) electrons. The molecule has 0 aliphatic carbocycles. The summed E-state index contributed by atoms with van der Waals surface area (Å²) in [5.41, 5.74) is 2.89. The quantitative estimate of drug-likeness (QED) is 0.506. The van der Waals surface area contributed by atoms with E-state index in [0.717, 1.165) is 23.9 Å². The van der Waals surface area contributed by atoms with Gasteiger partial charge in [0.15, 0.2) is 0 Å². The van der Waals surface area contributed by atoms with Crippen LogP contribution < -0.4 is 5.32 Å². The summed E-state index contributed by atoms with van der Waals surface area (Å²) in [5.74, 6) is -0.308. The highest BCUT2D eigenvalue weighted by Gasteiger charge is 2.38. The smallest absolute Gasteiger partial charge is 0.243 e. The molecule has 2 aromatic carbocycles. The van der Waals surface area contributed by atoms with Crippen molar-refractivity contribution in [3.05, 3.63) is 48.0 Å². The van der Waals surface area contributed by atoms with E-state index in [4.69, 9.17) is 4.74 Å². The number of carbonyl (C=O) groups excluding carboxylic acids is 1. The molecule has 176 valence electrons. The van der Waals surface area contributed by atoms with Gasteiger partial charge in [0.2, 0.25) is 15.9 Å². The van der Waals surface area contributed by atoms with E-state index in [1.807, 2.05) is 31.2 Å². The molecule has 9 nitrogen and oxygen atoms in total. The molecule has 1 unspecified atom stereocenters. The molecule has 3 aromatic rings. The van der Waals surface area contributed by atoms with Gasteiger partial charge in [0.1, 0.15) is 11.6 Å². The van der Waals surface area contributed by atoms with Gasteiger partial charge >= 0.3 is 0 Å². The fraction of sp³-hybridized carbons (Fsp3) is 0.435. The van der Waals surface area contributed by atoms with Crippen LogP contribution in [0.5, 0.6) is 0 Å². The van der Waals surface area contributed by atoms with Crippen LogP contribution in [0.1, 0.15) is 31.2 Å². The van der Waals surface area contributed by atoms with Crippen LogP contribution in [0.2, 0.25) is 0 Å². The van der Waals surface area contributed by atoms with Gasteiger partial charge in [0.05, 0.1) is 10.4 Å². The van der Waals surface area contributed by atoms with E-state index in [0.29, 0.717) is 43.7 Å². The number of aromatic nitrogens is 3. The molecule has 1 aliphatic heterocycles. The molecule has 33 heavy (non-hydrogen) atoms. The van der Waals surface area contributed by atoms with Crippen molar-refractivity contribution in [3.8, 4) is 0 Å². The lowest BCUT2D eigenvalue weighted by atomic mass is 10.0. The molecule has 1 aliphatic rings. The molecule has 1 fully saturated rings. The van der Waals surface area contributed by atoms with E-state index in [-0.39, 0.29) is 10.8 Å². The first-order valence-electron chi connectivity index (χ1n) is 11.1. The second kappa shape index (κ2) is 9.98. The van der Waals surface area contributed by atoms with Gasteiger partial charge in [-0.05, 0) is 56.0 Å². The van der Waals surface area contributed by atoms with E-state index in [1.54, 1.807) is 23.9 Å². The van der Waals surface area contributed by atoms with Gasteiger partial charge < -0.3 is 10.1 Å². The zero-order valence-corrected chi connectivity index (χ0v) is 19.7. The third-order valence-corrected chi connectivity index (χ3v) is 7.87. The molecule has 4 rings (SSSR count). The van der Waals surface area contributed by atoms with Crippen LogP contribution in [0.25, 0.3) is 11.0 Å². The third-order valence-electron chi connectivity index (χ3n) is 5.97. The number of nitrogens with zero attached hydrogens (tertiary/aromatic N) is 4. The van der Waals surface area contributed by atoms with Crippen LogP contribution in [0.3, 0.4) is 0 Å². The van der Waals surface area contributed by atoms with Crippen molar-refractivity contribution in [1.82, 2.24) is 19.3 Å². The Bertz CT molecular complexity index is 1240. The van der Waals surface area contributed by atoms with E-state index in [2.05, 4.69) is 15.6 Å². The maximum Gasteiger partial charge on any atom is 0.243 e. The summed E-state index contributed by atoms with van der Waals surface area (Å²) in [4.78, 5) is 13.2. The first-order valence-corrected chi connectivity index (χ1v) is 12.6. The molecular formula is C23H29N5O4S. The number of anilines is 1. The summed E-state index contributed by atoms with van der Waals surface area (Å²) < 4.78 is 35.3. The van der Waals surface area contributed by atoms with E-state index in [9.17, 15) is 13.2 Å². The van der Waals surface area contributed by atoms with Crippen LogP contribution in [-0.2, 0) is 26.1 Å². The summed E-state index contributed by atoms with van der Waals surface area (Å²) in [5, 5.41) is 11.2. The third kappa shape index (κ3) is 4.92. The maximum atomic E-state index is 13.6. The summed E-state index contributed by atoms with van der Waals surface area (Å²) in [6, 6.07) is 11.5. The predicted octanol–water partition coefficient (Wildman–Crippen LogP) is 2.96.